The van der Waals surface area contributed by atoms with E-state index in [4.69, 9.17) is 21.7 Å². The number of carbonyl (C=O) groups is 2. The van der Waals surface area contributed by atoms with Crippen molar-refractivity contribution in [2.45, 2.75) is 18.5 Å². The van der Waals surface area contributed by atoms with Crippen LogP contribution < -0.4 is 11.5 Å². The minimum absolute atomic E-state index is 0. The molecule has 1 rings (SSSR count). The van der Waals surface area contributed by atoms with Gasteiger partial charge in [-0.2, -0.15) is 0 Å². The molecule has 0 aliphatic heterocycles. The zero-order valence-electron chi connectivity index (χ0n) is 6.60. The standard InChI is InChI=1S/C6H10N2O4.Pt/c7-6(8)1-5(2-6,3(9)10)4(11)12;/h1-2,7-8H2,(H,9,10)(H,11,12);. The first-order chi connectivity index (χ1) is 5.30. The van der Waals surface area contributed by atoms with Crippen LogP contribution in [0, 0.1) is 5.41 Å². The molecule has 1 aliphatic rings. The molecule has 6 N–H and O–H groups in total. The second kappa shape index (κ2) is 3.36. The molecule has 1 fully saturated rings. The van der Waals surface area contributed by atoms with Gasteiger partial charge < -0.3 is 21.7 Å². The van der Waals surface area contributed by atoms with E-state index in [9.17, 15) is 9.59 Å². The fourth-order valence-electron chi connectivity index (χ4n) is 1.47. The van der Waals surface area contributed by atoms with E-state index < -0.39 is 23.0 Å². The molecule has 0 radical (unpaired) electrons. The number of hydrogen-bond acceptors (Lipinski definition) is 4. The van der Waals surface area contributed by atoms with Crippen LogP contribution in [0.25, 0.3) is 0 Å². The number of nitrogens with two attached hydrogens (primary N) is 2. The summed E-state index contributed by atoms with van der Waals surface area (Å²) in [5.74, 6) is -2.75. The van der Waals surface area contributed by atoms with Crippen molar-refractivity contribution in [3.8, 4) is 0 Å². The molecule has 1 saturated carbocycles. The first-order valence-corrected chi connectivity index (χ1v) is 3.35. The summed E-state index contributed by atoms with van der Waals surface area (Å²) in [6, 6.07) is 0. The molecule has 0 heterocycles. The molecule has 0 amide bonds. The molecule has 78 valence electrons. The molecular weight excluding hydrogens is 359 g/mol. The molecular formula is C6H10N2O4Pt. The molecule has 7 heteroatoms. The summed E-state index contributed by atoms with van der Waals surface area (Å²) in [4.78, 5) is 21.1. The maximum absolute atomic E-state index is 10.5. The van der Waals surface area contributed by atoms with E-state index >= 15 is 0 Å². The Bertz CT molecular complexity index is 229. The van der Waals surface area contributed by atoms with Gasteiger partial charge in [0.1, 0.15) is 0 Å². The second-order valence-corrected chi connectivity index (χ2v) is 3.28. The van der Waals surface area contributed by atoms with Gasteiger partial charge in [0, 0.05) is 33.9 Å². The molecule has 0 aromatic carbocycles. The summed E-state index contributed by atoms with van der Waals surface area (Å²) < 4.78 is 0. The predicted octanol–water partition coefficient (Wildman–Crippen LogP) is -1.45. The summed E-state index contributed by atoms with van der Waals surface area (Å²) in [5, 5.41) is 17.2. The zero-order chi connectivity index (χ0) is 9.57. The van der Waals surface area contributed by atoms with Crippen LogP contribution in [0.5, 0.6) is 0 Å². The van der Waals surface area contributed by atoms with Gasteiger partial charge in [-0.05, 0) is 0 Å². The summed E-state index contributed by atoms with van der Waals surface area (Å²) in [5.41, 5.74) is 7.75. The molecule has 13 heavy (non-hydrogen) atoms. The molecule has 1 aliphatic carbocycles. The van der Waals surface area contributed by atoms with E-state index in [1.165, 1.54) is 0 Å². The van der Waals surface area contributed by atoms with Crippen molar-refractivity contribution in [3.05, 3.63) is 0 Å². The molecule has 0 saturated heterocycles. The van der Waals surface area contributed by atoms with Crippen molar-refractivity contribution in [2.24, 2.45) is 16.9 Å². The van der Waals surface area contributed by atoms with Gasteiger partial charge in [0.15, 0.2) is 5.41 Å². The molecule has 0 atom stereocenters. The van der Waals surface area contributed by atoms with Crippen LogP contribution in [-0.4, -0.2) is 27.8 Å². The number of hydrogen-bond donors (Lipinski definition) is 4. The van der Waals surface area contributed by atoms with Crippen molar-refractivity contribution in [1.82, 2.24) is 0 Å². The van der Waals surface area contributed by atoms with E-state index in [1.54, 1.807) is 0 Å². The number of rotatable bonds is 2. The molecule has 0 bridgehead atoms. The van der Waals surface area contributed by atoms with Gasteiger partial charge in [0.25, 0.3) is 0 Å². The van der Waals surface area contributed by atoms with E-state index in [1.807, 2.05) is 0 Å². The third-order valence-electron chi connectivity index (χ3n) is 2.08. The summed E-state index contributed by atoms with van der Waals surface area (Å²) in [6.45, 7) is 0. The van der Waals surface area contributed by atoms with Gasteiger partial charge in [-0.25, -0.2) is 0 Å². The third kappa shape index (κ3) is 1.90. The van der Waals surface area contributed by atoms with Gasteiger partial charge in [-0.1, -0.05) is 0 Å². The Morgan fingerprint density at radius 3 is 1.46 bits per heavy atom. The zero-order valence-corrected chi connectivity index (χ0v) is 8.87. The topological polar surface area (TPSA) is 127 Å². The van der Waals surface area contributed by atoms with Gasteiger partial charge in [-0.15, -0.1) is 0 Å². The molecule has 0 spiro atoms. The van der Waals surface area contributed by atoms with Crippen LogP contribution >= 0.6 is 0 Å². The largest absolute Gasteiger partial charge is 0.480 e. The Labute approximate surface area is 88.5 Å². The molecule has 6 nitrogen and oxygen atoms in total. The van der Waals surface area contributed by atoms with Crippen LogP contribution in [0.4, 0.5) is 0 Å². The van der Waals surface area contributed by atoms with Crippen LogP contribution in [0.1, 0.15) is 12.8 Å². The Morgan fingerprint density at radius 1 is 1.08 bits per heavy atom. The van der Waals surface area contributed by atoms with Crippen LogP contribution in [0.15, 0.2) is 0 Å². The number of carboxylic acid groups (broad SMARTS) is 2. The Hall–Kier alpha value is -0.452. The average molecular weight is 369 g/mol. The first-order valence-electron chi connectivity index (χ1n) is 3.35. The van der Waals surface area contributed by atoms with Crippen molar-refractivity contribution >= 4 is 11.9 Å². The van der Waals surface area contributed by atoms with Gasteiger partial charge in [0.05, 0.1) is 5.66 Å². The smallest absolute Gasteiger partial charge is 0.321 e. The van der Waals surface area contributed by atoms with Crippen LogP contribution in [0.3, 0.4) is 0 Å². The SMILES string of the molecule is NC1(N)CC(C(=O)O)(C(=O)O)C1.[Pt]. The van der Waals surface area contributed by atoms with E-state index in [0.29, 0.717) is 0 Å². The maximum atomic E-state index is 10.5. The Kier molecular flexibility index (Phi) is 3.25. The fourth-order valence-corrected chi connectivity index (χ4v) is 1.47. The Morgan fingerprint density at radius 2 is 1.38 bits per heavy atom. The molecule has 0 aromatic rings. The summed E-state index contributed by atoms with van der Waals surface area (Å²) >= 11 is 0. The van der Waals surface area contributed by atoms with E-state index in [0.717, 1.165) is 0 Å². The normalized spacial score (nSPS) is 22.3. The predicted molar refractivity (Wildman–Crippen MR) is 38.0 cm³/mol. The number of aliphatic carboxylic acids is 2. The maximum Gasteiger partial charge on any atom is 0.321 e. The molecule has 0 unspecified atom stereocenters. The fraction of sp³-hybridized carbons (Fsp3) is 0.667. The monoisotopic (exact) mass is 369 g/mol. The summed E-state index contributed by atoms with van der Waals surface area (Å²) in [7, 11) is 0. The van der Waals surface area contributed by atoms with Crippen LogP contribution in [-0.2, 0) is 30.7 Å². The van der Waals surface area contributed by atoms with Crippen molar-refractivity contribution < 1.29 is 40.9 Å². The minimum atomic E-state index is -1.76. The molecule has 0 aromatic heterocycles. The van der Waals surface area contributed by atoms with Crippen molar-refractivity contribution in [2.75, 3.05) is 0 Å². The third-order valence-corrected chi connectivity index (χ3v) is 2.08. The number of carboxylic acids is 2. The average Bonchev–Trinajstić information content (AvgIpc) is 1.80. The van der Waals surface area contributed by atoms with E-state index in [2.05, 4.69) is 0 Å². The quantitative estimate of drug-likeness (QED) is 0.348. The van der Waals surface area contributed by atoms with Crippen molar-refractivity contribution in [3.63, 3.8) is 0 Å². The van der Waals surface area contributed by atoms with Crippen molar-refractivity contribution in [1.29, 1.82) is 0 Å². The van der Waals surface area contributed by atoms with Crippen LogP contribution in [0.2, 0.25) is 0 Å². The van der Waals surface area contributed by atoms with E-state index in [-0.39, 0.29) is 33.9 Å². The Balaban J connectivity index is 0.00000144. The van der Waals surface area contributed by atoms with Gasteiger partial charge >= 0.3 is 11.9 Å². The van der Waals surface area contributed by atoms with Gasteiger partial charge in [-0.3, -0.25) is 9.59 Å². The summed E-state index contributed by atoms with van der Waals surface area (Å²) in [6.07, 6.45) is -0.435. The minimum Gasteiger partial charge on any atom is -0.480 e. The second-order valence-electron chi connectivity index (χ2n) is 3.28. The first kappa shape index (κ1) is 12.5. The van der Waals surface area contributed by atoms with Gasteiger partial charge in [0.2, 0.25) is 0 Å².